The summed E-state index contributed by atoms with van der Waals surface area (Å²) in [6.45, 7) is 0.676. The van der Waals surface area contributed by atoms with Crippen LogP contribution in [0.3, 0.4) is 0 Å². The molecule has 39 heavy (non-hydrogen) atoms. The normalized spacial score (nSPS) is 12.5. The maximum Gasteiger partial charge on any atom is 0.422 e. The van der Waals surface area contributed by atoms with Gasteiger partial charge < -0.3 is 5.11 Å². The Morgan fingerprint density at radius 3 is 1.51 bits per heavy atom. The molecule has 0 saturated carbocycles. The molecule has 19 heteroatoms. The van der Waals surface area contributed by atoms with Crippen LogP contribution in [-0.4, -0.2) is 20.7 Å². The largest absolute Gasteiger partial charge is 0.493 e. The van der Waals surface area contributed by atoms with Crippen molar-refractivity contribution in [1.82, 2.24) is 9.78 Å². The molecule has 1 N–H and O–H groups in total. The molecule has 3 aromatic rings. The first-order chi connectivity index (χ1) is 17.1. The van der Waals surface area contributed by atoms with Crippen molar-refractivity contribution in [3.63, 3.8) is 0 Å². The minimum atomic E-state index is -5.95. The Bertz CT molecular complexity index is 1410. The topological polar surface area (TPSA) is 55.1 Å². The number of nitrogens with zero attached hydrogens (tertiary/aromatic N) is 2. The molecule has 0 aliphatic carbocycles. The number of alkyl halides is 9. The van der Waals surface area contributed by atoms with Gasteiger partial charge in [0.25, 0.3) is 0 Å². The van der Waals surface area contributed by atoms with Crippen molar-refractivity contribution in [2.75, 3.05) is 0 Å². The van der Waals surface area contributed by atoms with E-state index in [1.54, 1.807) is 0 Å². The van der Waals surface area contributed by atoms with E-state index >= 15 is 0 Å². The third-order valence-corrected chi connectivity index (χ3v) is 4.94. The zero-order valence-corrected chi connectivity index (χ0v) is 21.4. The van der Waals surface area contributed by atoms with E-state index in [-0.39, 0.29) is 31.6 Å². The van der Waals surface area contributed by atoms with Gasteiger partial charge in [0, 0.05) is 25.0 Å². The monoisotopic (exact) mass is 636 g/mol. The molecule has 0 amide bonds. The summed E-state index contributed by atoms with van der Waals surface area (Å²) in [5, 5.41) is 13.3. The molecular formula is C20H6F14N2O2Zn. The second kappa shape index (κ2) is 10.1. The molecule has 4 nitrogen and oxygen atoms in total. The zero-order chi connectivity index (χ0) is 29.3. The summed E-state index contributed by atoms with van der Waals surface area (Å²) in [6.07, 6.45) is -17.5. The Balaban J connectivity index is 0.00000533. The minimum absolute atomic E-state index is 0. The molecule has 208 valence electrons. The standard InChI is InChI=1S/C20H6F14N2O2.Zn/c1-4-8(16(37)5-2-6(18(26,27)28)10(21)7(3-5)19(29,30)31)17(38)36(35-4)15-13(24)11(22)9(20(32,33)34)12(23)14(15)25;/h2-3,38H,1H3;. The van der Waals surface area contributed by atoms with Crippen molar-refractivity contribution in [1.29, 1.82) is 0 Å². The number of rotatable bonds is 3. The van der Waals surface area contributed by atoms with Gasteiger partial charge in [-0.1, -0.05) is 0 Å². The second-order valence-corrected chi connectivity index (χ2v) is 7.38. The van der Waals surface area contributed by atoms with Gasteiger partial charge in [0.2, 0.25) is 5.88 Å². The third kappa shape index (κ3) is 5.45. The Hall–Kier alpha value is -3.24. The Labute approximate surface area is 218 Å². The van der Waals surface area contributed by atoms with Crippen LogP contribution in [0.4, 0.5) is 61.5 Å². The number of hydrogen-bond acceptors (Lipinski definition) is 3. The molecule has 3 rings (SSSR count). The van der Waals surface area contributed by atoms with E-state index in [0.717, 1.165) is 0 Å². The summed E-state index contributed by atoms with van der Waals surface area (Å²) >= 11 is 0. The summed E-state index contributed by atoms with van der Waals surface area (Å²) in [6, 6.07) is -0.774. The number of benzene rings is 2. The first kappa shape index (κ1) is 32.0. The van der Waals surface area contributed by atoms with Crippen LogP contribution in [0.2, 0.25) is 0 Å². The van der Waals surface area contributed by atoms with E-state index in [0.29, 0.717) is 6.92 Å². The predicted octanol–water partition coefficient (Wildman–Crippen LogP) is 6.87. The number of aryl methyl sites for hydroxylation is 1. The van der Waals surface area contributed by atoms with Crippen LogP contribution in [0, 0.1) is 36.0 Å². The molecule has 0 unspecified atom stereocenters. The smallest absolute Gasteiger partial charge is 0.422 e. The van der Waals surface area contributed by atoms with Crippen LogP contribution in [0.25, 0.3) is 5.69 Å². The summed E-state index contributed by atoms with van der Waals surface area (Å²) < 4.78 is 187. The molecule has 1 heterocycles. The minimum Gasteiger partial charge on any atom is -0.493 e. The van der Waals surface area contributed by atoms with Crippen LogP contribution in [0.15, 0.2) is 12.1 Å². The van der Waals surface area contributed by atoms with Gasteiger partial charge in [0.05, 0.1) is 16.8 Å². The fraction of sp³-hybridized carbons (Fsp3) is 0.200. The quantitative estimate of drug-likeness (QED) is 0.148. The molecular weight excluding hydrogens is 632 g/mol. The van der Waals surface area contributed by atoms with E-state index in [4.69, 9.17) is 0 Å². The van der Waals surface area contributed by atoms with Gasteiger partial charge >= 0.3 is 18.5 Å². The van der Waals surface area contributed by atoms with Crippen LogP contribution < -0.4 is 0 Å². The van der Waals surface area contributed by atoms with Gasteiger partial charge in [-0.05, 0) is 19.1 Å². The first-order valence-electron chi connectivity index (χ1n) is 9.35. The molecule has 0 fully saturated rings. The number of ketones is 1. The van der Waals surface area contributed by atoms with Crippen molar-refractivity contribution in [2.45, 2.75) is 25.5 Å². The average Bonchev–Trinajstić information content (AvgIpc) is 3.03. The van der Waals surface area contributed by atoms with Gasteiger partial charge in [-0.2, -0.15) is 49.3 Å². The molecule has 0 atom stereocenters. The molecule has 0 radical (unpaired) electrons. The molecule has 0 aliphatic heterocycles. The average molecular weight is 638 g/mol. The van der Waals surface area contributed by atoms with E-state index in [9.17, 15) is 71.4 Å². The van der Waals surface area contributed by atoms with Gasteiger partial charge in [0.1, 0.15) is 22.6 Å². The number of halogens is 14. The number of carbonyl (C=O) groups excluding carboxylic acids is 1. The Kier molecular flexibility index (Phi) is 8.25. The van der Waals surface area contributed by atoms with Gasteiger partial charge in [-0.15, -0.1) is 0 Å². The van der Waals surface area contributed by atoms with E-state index < -0.39 is 103 Å². The number of aromatic nitrogens is 2. The fourth-order valence-corrected chi connectivity index (χ4v) is 3.30. The van der Waals surface area contributed by atoms with Crippen molar-refractivity contribution in [3.05, 3.63) is 74.7 Å². The third-order valence-electron chi connectivity index (χ3n) is 4.94. The second-order valence-electron chi connectivity index (χ2n) is 7.38. The molecule has 0 aliphatic rings. The van der Waals surface area contributed by atoms with Crippen molar-refractivity contribution in [2.24, 2.45) is 0 Å². The molecule has 0 spiro atoms. The molecule has 2 aromatic carbocycles. The van der Waals surface area contributed by atoms with Gasteiger partial charge in [0.15, 0.2) is 29.1 Å². The van der Waals surface area contributed by atoms with Gasteiger partial charge in [-0.25, -0.2) is 22.0 Å². The Morgan fingerprint density at radius 2 is 1.15 bits per heavy atom. The van der Waals surface area contributed by atoms with Gasteiger partial charge in [-0.3, -0.25) is 4.79 Å². The SMILES string of the molecule is Cc1nn(-c2c(F)c(F)c(C(F)(F)F)c(F)c2F)c(O)c1C(=O)c1cc(C(F)(F)F)c(F)c(C(F)(F)F)c1.[Zn]. The van der Waals surface area contributed by atoms with Crippen LogP contribution in [0.1, 0.15) is 38.3 Å². The van der Waals surface area contributed by atoms with Crippen molar-refractivity contribution in [3.8, 4) is 11.6 Å². The summed E-state index contributed by atoms with van der Waals surface area (Å²) in [7, 11) is 0. The summed E-state index contributed by atoms with van der Waals surface area (Å²) in [5.41, 5.74) is -14.2. The van der Waals surface area contributed by atoms with E-state index in [1.165, 1.54) is 0 Å². The zero-order valence-electron chi connectivity index (χ0n) is 18.4. The van der Waals surface area contributed by atoms with E-state index in [2.05, 4.69) is 5.10 Å². The number of aromatic hydroxyl groups is 1. The Morgan fingerprint density at radius 1 is 0.744 bits per heavy atom. The maximum atomic E-state index is 14.3. The molecule has 0 bridgehead atoms. The summed E-state index contributed by atoms with van der Waals surface area (Å²) in [4.78, 5) is 12.7. The molecule has 0 saturated heterocycles. The fourth-order valence-electron chi connectivity index (χ4n) is 3.30. The maximum absolute atomic E-state index is 14.3. The van der Waals surface area contributed by atoms with Crippen LogP contribution in [-0.2, 0) is 38.0 Å². The van der Waals surface area contributed by atoms with Crippen LogP contribution in [0.5, 0.6) is 5.88 Å². The van der Waals surface area contributed by atoms with Crippen molar-refractivity contribution >= 4 is 5.78 Å². The molecule has 1 aromatic heterocycles. The van der Waals surface area contributed by atoms with E-state index in [1.807, 2.05) is 0 Å². The number of carbonyl (C=O) groups is 1. The van der Waals surface area contributed by atoms with Crippen LogP contribution >= 0.6 is 0 Å². The summed E-state index contributed by atoms with van der Waals surface area (Å²) in [5.74, 6) is -18.2. The predicted molar refractivity (Wildman–Crippen MR) is 94.6 cm³/mol. The first-order valence-corrected chi connectivity index (χ1v) is 9.35. The number of hydrogen-bond donors (Lipinski definition) is 1. The van der Waals surface area contributed by atoms with Crippen molar-refractivity contribution < 1.29 is 90.8 Å².